The van der Waals surface area contributed by atoms with E-state index in [1.165, 1.54) is 5.56 Å². The fourth-order valence-electron chi connectivity index (χ4n) is 2.71. The molecule has 1 N–H and O–H groups in total. The number of thioether (sulfide) groups is 1. The summed E-state index contributed by atoms with van der Waals surface area (Å²) in [6.45, 7) is 0.558. The molecule has 0 fully saturated rings. The van der Waals surface area contributed by atoms with Crippen molar-refractivity contribution in [2.24, 2.45) is 0 Å². The van der Waals surface area contributed by atoms with Crippen molar-refractivity contribution in [1.29, 1.82) is 0 Å². The predicted molar refractivity (Wildman–Crippen MR) is 109 cm³/mol. The summed E-state index contributed by atoms with van der Waals surface area (Å²) < 4.78 is 17.4. The third-order valence-corrected chi connectivity index (χ3v) is 5.62. The van der Waals surface area contributed by atoms with Crippen LogP contribution in [0.4, 0.5) is 0 Å². The highest BCUT2D eigenvalue weighted by atomic mass is 32.2. The zero-order valence-electron chi connectivity index (χ0n) is 14.6. The quantitative estimate of drug-likeness (QED) is 0.594. The Bertz CT molecular complexity index is 906. The lowest BCUT2D eigenvalue weighted by molar-refractivity contribution is 0.0930. The molecule has 0 bridgehead atoms. The minimum absolute atomic E-state index is 0.248. The van der Waals surface area contributed by atoms with Crippen molar-refractivity contribution in [3.63, 3.8) is 0 Å². The van der Waals surface area contributed by atoms with Crippen LogP contribution < -0.4 is 5.32 Å². The minimum Gasteiger partial charge on any atom is -0.451 e. The van der Waals surface area contributed by atoms with Crippen LogP contribution in [0.3, 0.4) is 0 Å². The lowest BCUT2D eigenvalue weighted by atomic mass is 10.1. The van der Waals surface area contributed by atoms with Gasteiger partial charge in [0.2, 0.25) is 0 Å². The average Bonchev–Trinajstić information content (AvgIpc) is 3.00. The Kier molecular flexibility index (Phi) is 6.52. The summed E-state index contributed by atoms with van der Waals surface area (Å²) in [5.41, 5.74) is 2.64. The van der Waals surface area contributed by atoms with Crippen molar-refractivity contribution in [2.45, 2.75) is 11.5 Å². The molecule has 136 valence electrons. The van der Waals surface area contributed by atoms with Crippen LogP contribution in [0.15, 0.2) is 59.0 Å². The number of carbonyl (C=O) groups is 1. The van der Waals surface area contributed by atoms with Gasteiger partial charge >= 0.3 is 0 Å². The molecule has 3 aromatic rings. The van der Waals surface area contributed by atoms with Gasteiger partial charge in [-0.1, -0.05) is 48.5 Å². The molecule has 0 saturated heterocycles. The van der Waals surface area contributed by atoms with E-state index in [2.05, 4.69) is 17.4 Å². The summed E-state index contributed by atoms with van der Waals surface area (Å²) in [4.78, 5) is 12.5. The Morgan fingerprint density at radius 3 is 2.62 bits per heavy atom. The van der Waals surface area contributed by atoms with Crippen LogP contribution in [0.1, 0.15) is 21.7 Å². The molecule has 3 rings (SSSR count). The topological polar surface area (TPSA) is 59.3 Å². The van der Waals surface area contributed by atoms with Gasteiger partial charge < -0.3 is 9.73 Å². The van der Waals surface area contributed by atoms with Gasteiger partial charge in [0, 0.05) is 46.1 Å². The molecule has 0 unspecified atom stereocenters. The Hall–Kier alpha value is -2.05. The molecule has 1 aromatic heterocycles. The third kappa shape index (κ3) is 4.77. The molecule has 0 radical (unpaired) electrons. The number of para-hydroxylation sites is 1. The molecule has 1 amide bonds. The molecule has 0 saturated carbocycles. The van der Waals surface area contributed by atoms with Crippen molar-refractivity contribution in [2.75, 3.05) is 18.6 Å². The summed E-state index contributed by atoms with van der Waals surface area (Å²) in [6.07, 6.45) is 1.63. The maximum atomic E-state index is 12.5. The first-order valence-electron chi connectivity index (χ1n) is 8.35. The fraction of sp³-hybridized carbons (Fsp3) is 0.250. The number of nitrogens with one attached hydrogen (secondary N) is 1. The van der Waals surface area contributed by atoms with Crippen molar-refractivity contribution in [1.82, 2.24) is 5.32 Å². The lowest BCUT2D eigenvalue weighted by Gasteiger charge is -2.05. The van der Waals surface area contributed by atoms with Crippen molar-refractivity contribution in [3.05, 3.63) is 71.5 Å². The second-order valence-corrected chi connectivity index (χ2v) is 8.46. The largest absolute Gasteiger partial charge is 0.451 e. The minimum atomic E-state index is -1.05. The number of rotatable bonds is 8. The van der Waals surface area contributed by atoms with Gasteiger partial charge in [-0.25, -0.2) is 0 Å². The van der Waals surface area contributed by atoms with Crippen molar-refractivity contribution in [3.8, 4) is 0 Å². The number of fused-ring (bicyclic) bond motifs is 1. The van der Waals surface area contributed by atoms with Gasteiger partial charge in [-0.15, -0.1) is 0 Å². The molecular formula is C20H21NO3S2. The SMILES string of the molecule is C[S@](=O)Cc1c(C(=O)NCCSCc2ccccc2)oc2ccccc12. The van der Waals surface area contributed by atoms with Crippen LogP contribution in [0.5, 0.6) is 0 Å². The first kappa shape index (κ1) is 18.7. The van der Waals surface area contributed by atoms with Crippen LogP contribution >= 0.6 is 11.8 Å². The van der Waals surface area contributed by atoms with Gasteiger partial charge in [0.15, 0.2) is 5.76 Å². The number of furan rings is 1. The van der Waals surface area contributed by atoms with Crippen LogP contribution in [-0.2, 0) is 22.3 Å². The molecule has 2 aromatic carbocycles. The highest BCUT2D eigenvalue weighted by Crippen LogP contribution is 2.27. The fourth-order valence-corrected chi connectivity index (χ4v) is 4.22. The van der Waals surface area contributed by atoms with Crippen LogP contribution in [0.25, 0.3) is 11.0 Å². The molecule has 4 nitrogen and oxygen atoms in total. The Morgan fingerprint density at radius 2 is 1.85 bits per heavy atom. The van der Waals surface area contributed by atoms with Gasteiger partial charge in [0.25, 0.3) is 5.91 Å². The van der Waals surface area contributed by atoms with Crippen LogP contribution in [-0.4, -0.2) is 28.7 Å². The molecule has 0 spiro atoms. The standard InChI is InChI=1S/C20H21NO3S2/c1-26(23)14-17-16-9-5-6-10-18(16)24-19(17)20(22)21-11-12-25-13-15-7-3-2-4-8-15/h2-10H,11-14H2,1H3,(H,21,22)/t26-/m0/s1. The predicted octanol–water partition coefficient (Wildman–Crippen LogP) is 3.97. The molecular weight excluding hydrogens is 366 g/mol. The highest BCUT2D eigenvalue weighted by molar-refractivity contribution is 7.98. The lowest BCUT2D eigenvalue weighted by Crippen LogP contribution is -2.26. The second kappa shape index (κ2) is 9.05. The molecule has 1 heterocycles. The second-order valence-electron chi connectivity index (χ2n) is 5.92. The number of benzene rings is 2. The maximum Gasteiger partial charge on any atom is 0.287 e. The zero-order valence-corrected chi connectivity index (χ0v) is 16.2. The Labute approximate surface area is 159 Å². The smallest absolute Gasteiger partial charge is 0.287 e. The normalized spacial score (nSPS) is 12.2. The first-order valence-corrected chi connectivity index (χ1v) is 11.2. The monoisotopic (exact) mass is 387 g/mol. The highest BCUT2D eigenvalue weighted by Gasteiger charge is 2.20. The number of hydrogen-bond donors (Lipinski definition) is 1. The number of carbonyl (C=O) groups excluding carboxylic acids is 1. The Morgan fingerprint density at radius 1 is 1.12 bits per heavy atom. The summed E-state index contributed by atoms with van der Waals surface area (Å²) in [7, 11) is -1.05. The van der Waals surface area contributed by atoms with E-state index in [1.54, 1.807) is 18.0 Å². The summed E-state index contributed by atoms with van der Waals surface area (Å²) in [6, 6.07) is 17.7. The molecule has 0 aliphatic heterocycles. The molecule has 0 aliphatic rings. The molecule has 6 heteroatoms. The molecule has 0 aliphatic carbocycles. The van der Waals surface area contributed by atoms with Gasteiger partial charge in [-0.2, -0.15) is 11.8 Å². The summed E-state index contributed by atoms with van der Waals surface area (Å²) in [5.74, 6) is 2.07. The van der Waals surface area contributed by atoms with Crippen LogP contribution in [0, 0.1) is 0 Å². The third-order valence-electron chi connectivity index (χ3n) is 3.90. The first-order chi connectivity index (χ1) is 12.6. The van der Waals surface area contributed by atoms with Crippen molar-refractivity contribution >= 4 is 39.4 Å². The van der Waals surface area contributed by atoms with Crippen molar-refractivity contribution < 1.29 is 13.4 Å². The number of amides is 1. The number of hydrogen-bond acceptors (Lipinski definition) is 4. The van der Waals surface area contributed by atoms with Crippen LogP contribution in [0.2, 0.25) is 0 Å². The van der Waals surface area contributed by atoms with E-state index >= 15 is 0 Å². The van der Waals surface area contributed by atoms with Gasteiger partial charge in [0.1, 0.15) is 5.58 Å². The molecule has 1 atom stereocenters. The van der Waals surface area contributed by atoms with E-state index in [0.29, 0.717) is 17.9 Å². The van der Waals surface area contributed by atoms with E-state index in [1.807, 2.05) is 42.5 Å². The average molecular weight is 388 g/mol. The zero-order chi connectivity index (χ0) is 18.4. The van der Waals surface area contributed by atoms with E-state index in [0.717, 1.165) is 22.5 Å². The van der Waals surface area contributed by atoms with Gasteiger partial charge in [-0.05, 0) is 11.6 Å². The van der Waals surface area contributed by atoms with Gasteiger partial charge in [-0.3, -0.25) is 9.00 Å². The molecule has 26 heavy (non-hydrogen) atoms. The Balaban J connectivity index is 1.59. The van der Waals surface area contributed by atoms with E-state index in [9.17, 15) is 9.00 Å². The van der Waals surface area contributed by atoms with E-state index in [4.69, 9.17) is 4.42 Å². The van der Waals surface area contributed by atoms with E-state index in [-0.39, 0.29) is 11.7 Å². The maximum absolute atomic E-state index is 12.5. The van der Waals surface area contributed by atoms with E-state index < -0.39 is 10.8 Å². The summed E-state index contributed by atoms with van der Waals surface area (Å²) in [5, 5.41) is 3.76. The summed E-state index contributed by atoms with van der Waals surface area (Å²) >= 11 is 1.77. The van der Waals surface area contributed by atoms with Gasteiger partial charge in [0.05, 0.1) is 5.75 Å².